The molecular formula is C21H18N8O5S4. The molecule has 2 aliphatic rings. The van der Waals surface area contributed by atoms with Crippen molar-refractivity contribution < 1.29 is 24.3 Å². The van der Waals surface area contributed by atoms with Crippen molar-refractivity contribution in [2.75, 3.05) is 24.3 Å². The average molecular weight is 591 g/mol. The van der Waals surface area contributed by atoms with E-state index in [1.165, 1.54) is 46.9 Å². The number of fused-ring (bicyclic) bond motifs is 1. The summed E-state index contributed by atoms with van der Waals surface area (Å²) in [5.74, 6) is -1.74. The molecule has 0 unspecified atom stereocenters. The fourth-order valence-corrected chi connectivity index (χ4v) is 7.59. The zero-order valence-electron chi connectivity index (χ0n) is 19.4. The predicted octanol–water partition coefficient (Wildman–Crippen LogP) is 1.52. The van der Waals surface area contributed by atoms with Crippen molar-refractivity contribution in [3.63, 3.8) is 0 Å². The highest BCUT2D eigenvalue weighted by atomic mass is 32.2. The summed E-state index contributed by atoms with van der Waals surface area (Å²) in [5.41, 5.74) is 7.07. The number of thioether (sulfide) groups is 2. The van der Waals surface area contributed by atoms with Crippen molar-refractivity contribution in [3.8, 4) is 10.6 Å². The van der Waals surface area contributed by atoms with Crippen molar-refractivity contribution in [1.82, 2.24) is 30.4 Å². The maximum absolute atomic E-state index is 13.0. The minimum absolute atomic E-state index is 0.0770. The predicted molar refractivity (Wildman–Crippen MR) is 144 cm³/mol. The number of rotatable bonds is 9. The summed E-state index contributed by atoms with van der Waals surface area (Å²) < 4.78 is 0.668. The molecule has 13 nitrogen and oxygen atoms in total. The van der Waals surface area contributed by atoms with E-state index in [1.807, 2.05) is 12.1 Å². The number of pyridine rings is 1. The number of anilines is 1. The first-order valence-corrected chi connectivity index (χ1v) is 14.5. The molecule has 5 heterocycles. The van der Waals surface area contributed by atoms with Gasteiger partial charge in [0.2, 0.25) is 0 Å². The van der Waals surface area contributed by atoms with Gasteiger partial charge in [-0.1, -0.05) is 28.3 Å². The van der Waals surface area contributed by atoms with Gasteiger partial charge in [0.05, 0.1) is 0 Å². The summed E-state index contributed by atoms with van der Waals surface area (Å²) in [6.45, 7) is 0. The van der Waals surface area contributed by atoms with Gasteiger partial charge in [0.1, 0.15) is 34.9 Å². The molecule has 0 bridgehead atoms. The fraction of sp³-hybridized carbons (Fsp3) is 0.238. The van der Waals surface area contributed by atoms with Crippen molar-refractivity contribution in [1.29, 1.82) is 0 Å². The minimum Gasteiger partial charge on any atom is -0.477 e. The fourth-order valence-electron chi connectivity index (χ4n) is 3.72. The second kappa shape index (κ2) is 11.1. The highest BCUT2D eigenvalue weighted by Crippen LogP contribution is 2.42. The summed E-state index contributed by atoms with van der Waals surface area (Å²) in [6.07, 6.45) is 3.36. The SMILES string of the molecule is CON=C(C(=O)N[C@@H]1C(=O)N2C(C(=O)O)=C(CSc3nnc(-c4cccnc4)s3)CS[C@@H]12)c1csc(N)n1. The number of nitrogens with two attached hydrogens (primary N) is 1. The lowest BCUT2D eigenvalue weighted by molar-refractivity contribution is -0.150. The Morgan fingerprint density at radius 2 is 2.24 bits per heavy atom. The molecule has 17 heteroatoms. The topological polar surface area (TPSA) is 186 Å². The van der Waals surface area contributed by atoms with Gasteiger partial charge in [-0.15, -0.1) is 33.3 Å². The number of thiazole rings is 1. The molecule has 0 radical (unpaired) electrons. The number of hydrogen-bond donors (Lipinski definition) is 3. The number of aliphatic carboxylic acids is 1. The smallest absolute Gasteiger partial charge is 0.352 e. The lowest BCUT2D eigenvalue weighted by atomic mass is 10.0. The number of nitrogens with one attached hydrogen (secondary N) is 1. The molecule has 196 valence electrons. The van der Waals surface area contributed by atoms with Gasteiger partial charge < -0.3 is 21.0 Å². The van der Waals surface area contributed by atoms with Crippen molar-refractivity contribution in [3.05, 3.63) is 46.9 Å². The van der Waals surface area contributed by atoms with Crippen LogP contribution in [0, 0.1) is 0 Å². The lowest BCUT2D eigenvalue weighted by Gasteiger charge is -2.49. The van der Waals surface area contributed by atoms with E-state index in [0.29, 0.717) is 26.4 Å². The van der Waals surface area contributed by atoms with Gasteiger partial charge in [-0.05, 0) is 17.7 Å². The van der Waals surface area contributed by atoms with Gasteiger partial charge in [-0.25, -0.2) is 9.78 Å². The second-order valence-electron chi connectivity index (χ2n) is 7.72. The molecule has 38 heavy (non-hydrogen) atoms. The zero-order valence-corrected chi connectivity index (χ0v) is 22.7. The Morgan fingerprint density at radius 3 is 2.92 bits per heavy atom. The van der Waals surface area contributed by atoms with E-state index in [2.05, 4.69) is 30.6 Å². The molecule has 1 fully saturated rings. The van der Waals surface area contributed by atoms with Crippen LogP contribution in [0.4, 0.5) is 5.13 Å². The summed E-state index contributed by atoms with van der Waals surface area (Å²) >= 11 is 5.22. The number of hydrogen-bond acceptors (Lipinski definition) is 14. The Labute approximate surface area is 231 Å². The Morgan fingerprint density at radius 1 is 1.39 bits per heavy atom. The van der Waals surface area contributed by atoms with E-state index >= 15 is 0 Å². The van der Waals surface area contributed by atoms with Crippen LogP contribution in [-0.4, -0.2) is 83.7 Å². The van der Waals surface area contributed by atoms with Crippen LogP contribution in [0.15, 0.2) is 50.7 Å². The molecule has 2 aliphatic heterocycles. The van der Waals surface area contributed by atoms with Gasteiger partial charge in [0.15, 0.2) is 15.2 Å². The summed E-state index contributed by atoms with van der Waals surface area (Å²) in [7, 11) is 1.28. The van der Waals surface area contributed by atoms with Crippen LogP contribution in [0.3, 0.4) is 0 Å². The van der Waals surface area contributed by atoms with Crippen LogP contribution < -0.4 is 11.1 Å². The van der Waals surface area contributed by atoms with E-state index in [1.54, 1.807) is 17.8 Å². The quantitative estimate of drug-likeness (QED) is 0.141. The highest BCUT2D eigenvalue weighted by molar-refractivity contribution is 8.01. The molecule has 0 aliphatic carbocycles. The Balaban J connectivity index is 1.28. The van der Waals surface area contributed by atoms with Gasteiger partial charge in [-0.2, -0.15) is 0 Å². The van der Waals surface area contributed by atoms with Crippen LogP contribution in [-0.2, 0) is 19.2 Å². The molecular weight excluding hydrogens is 573 g/mol. The van der Waals surface area contributed by atoms with E-state index in [0.717, 1.165) is 16.9 Å². The average Bonchev–Trinajstić information content (AvgIpc) is 3.58. The first kappa shape index (κ1) is 26.1. The molecule has 0 aromatic carbocycles. The van der Waals surface area contributed by atoms with E-state index in [4.69, 9.17) is 10.6 Å². The summed E-state index contributed by atoms with van der Waals surface area (Å²) in [6, 6.07) is 2.76. The third-order valence-electron chi connectivity index (χ3n) is 5.38. The molecule has 0 spiro atoms. The first-order valence-electron chi connectivity index (χ1n) is 10.8. The normalized spacial score (nSPS) is 19.1. The molecule has 0 saturated carbocycles. The lowest BCUT2D eigenvalue weighted by Crippen LogP contribution is -2.71. The number of oxime groups is 1. The van der Waals surface area contributed by atoms with Crippen LogP contribution in [0.25, 0.3) is 10.6 Å². The number of β-lactam (4-membered cyclic amide) rings is 1. The molecule has 2 amide bonds. The largest absolute Gasteiger partial charge is 0.477 e. The molecule has 3 aromatic heterocycles. The van der Waals surface area contributed by atoms with E-state index in [9.17, 15) is 19.5 Å². The number of aromatic nitrogens is 4. The monoisotopic (exact) mass is 590 g/mol. The van der Waals surface area contributed by atoms with Crippen LogP contribution in [0.2, 0.25) is 0 Å². The third-order valence-corrected chi connectivity index (χ3v) is 9.59. The maximum atomic E-state index is 13.0. The van der Waals surface area contributed by atoms with Crippen LogP contribution in [0.5, 0.6) is 0 Å². The number of amides is 2. The summed E-state index contributed by atoms with van der Waals surface area (Å²) in [4.78, 5) is 52.2. The first-order chi connectivity index (χ1) is 18.4. The van der Waals surface area contributed by atoms with Crippen molar-refractivity contribution in [2.45, 2.75) is 15.8 Å². The van der Waals surface area contributed by atoms with Crippen molar-refractivity contribution in [2.24, 2.45) is 5.16 Å². The van der Waals surface area contributed by atoms with Gasteiger partial charge in [0.25, 0.3) is 11.8 Å². The standard InChI is InChI=1S/C21H18N8O5S4/c1-34-28-12(11-8-36-20(22)24-11)15(30)25-13-17(31)29-14(19(32)33)10(6-35-18(13)29)7-37-21-27-26-16(38-21)9-3-2-4-23-5-9/h2-5,8,13,18H,6-7H2,1H3,(H2,22,24)(H,25,30)(H,32,33)/t13-,18+/m1/s1. The van der Waals surface area contributed by atoms with Gasteiger partial charge in [-0.3, -0.25) is 19.5 Å². The maximum Gasteiger partial charge on any atom is 0.352 e. The highest BCUT2D eigenvalue weighted by Gasteiger charge is 2.54. The van der Waals surface area contributed by atoms with Gasteiger partial charge >= 0.3 is 5.97 Å². The van der Waals surface area contributed by atoms with E-state index in [-0.39, 0.29) is 22.2 Å². The Bertz CT molecular complexity index is 1460. The second-order valence-corrected chi connectivity index (χ2v) is 11.9. The number of carbonyl (C=O) groups is 3. The molecule has 2 atom stereocenters. The summed E-state index contributed by atoms with van der Waals surface area (Å²) in [5, 5.41) is 26.6. The molecule has 3 aromatic rings. The number of carboxylic acids is 1. The van der Waals surface area contributed by atoms with Gasteiger partial charge in [0, 0.05) is 34.8 Å². The molecule has 5 rings (SSSR count). The molecule has 1 saturated heterocycles. The van der Waals surface area contributed by atoms with Crippen molar-refractivity contribution >= 4 is 74.8 Å². The van der Waals surface area contributed by atoms with E-state index < -0.39 is 29.2 Å². The zero-order chi connectivity index (χ0) is 26.8. The Kier molecular flexibility index (Phi) is 7.59. The number of carbonyl (C=O) groups excluding carboxylic acids is 2. The number of nitrogens with zero attached hydrogens (tertiary/aromatic N) is 6. The number of nitrogen functional groups attached to an aromatic ring is 1. The Hall–Kier alpha value is -3.54. The minimum atomic E-state index is -1.21. The number of carboxylic acid groups (broad SMARTS) is 1. The molecule has 4 N–H and O–H groups in total. The van der Waals surface area contributed by atoms with Crippen LogP contribution in [0.1, 0.15) is 5.69 Å². The van der Waals surface area contributed by atoms with Crippen LogP contribution >= 0.6 is 46.2 Å². The third kappa shape index (κ3) is 5.09.